The average molecular weight is 375 g/mol. The summed E-state index contributed by atoms with van der Waals surface area (Å²) in [4.78, 5) is 28.3. The van der Waals surface area contributed by atoms with E-state index in [-0.39, 0.29) is 17.9 Å². The van der Waals surface area contributed by atoms with Gasteiger partial charge in [-0.1, -0.05) is 13.8 Å². The molecule has 1 aromatic rings. The van der Waals surface area contributed by atoms with Crippen LogP contribution >= 0.6 is 0 Å². The Morgan fingerprint density at radius 3 is 2.56 bits per heavy atom. The largest absolute Gasteiger partial charge is 0.444 e. The molecule has 148 valence electrons. The summed E-state index contributed by atoms with van der Waals surface area (Å²) in [6.07, 6.45) is 0.186. The fraction of sp³-hybridized carbons (Fsp3) is 0.684. The van der Waals surface area contributed by atoms with Gasteiger partial charge < -0.3 is 14.5 Å². The summed E-state index contributed by atoms with van der Waals surface area (Å²) >= 11 is 0. The molecule has 0 saturated carbocycles. The van der Waals surface area contributed by atoms with Crippen LogP contribution < -0.4 is 0 Å². The number of carbonyl (C=O) groups excluding carboxylic acids is 2. The Labute approximate surface area is 160 Å². The van der Waals surface area contributed by atoms with Gasteiger partial charge in [0.1, 0.15) is 11.3 Å². The van der Waals surface area contributed by atoms with Gasteiger partial charge in [0.15, 0.2) is 0 Å². The Kier molecular flexibility index (Phi) is 6.14. The SMILES string of the molecule is CC.CN1CC(C#N)Cn2nc3c(c2C1=O)CN(C(=O)OC(C)(C)C)CC3. The first kappa shape index (κ1) is 20.7. The fourth-order valence-electron chi connectivity index (χ4n) is 3.22. The van der Waals surface area contributed by atoms with E-state index in [2.05, 4.69) is 11.2 Å². The molecule has 27 heavy (non-hydrogen) atoms. The third-order valence-corrected chi connectivity index (χ3v) is 4.37. The highest BCUT2D eigenvalue weighted by Crippen LogP contribution is 2.27. The van der Waals surface area contributed by atoms with Crippen LogP contribution in [0.2, 0.25) is 0 Å². The van der Waals surface area contributed by atoms with Crippen LogP contribution in [0.5, 0.6) is 0 Å². The number of fused-ring (bicyclic) bond motifs is 3. The first-order valence-electron chi connectivity index (χ1n) is 9.41. The zero-order valence-corrected chi connectivity index (χ0v) is 17.1. The Hall–Kier alpha value is -2.56. The number of hydrogen-bond donors (Lipinski definition) is 0. The first-order chi connectivity index (χ1) is 12.7. The van der Waals surface area contributed by atoms with E-state index in [1.165, 1.54) is 0 Å². The van der Waals surface area contributed by atoms with Gasteiger partial charge in [0.2, 0.25) is 0 Å². The number of rotatable bonds is 0. The van der Waals surface area contributed by atoms with Crippen LogP contribution in [0.3, 0.4) is 0 Å². The monoisotopic (exact) mass is 375 g/mol. The number of amides is 2. The van der Waals surface area contributed by atoms with Crippen molar-refractivity contribution in [1.29, 1.82) is 5.26 Å². The molecular weight excluding hydrogens is 346 g/mol. The van der Waals surface area contributed by atoms with Crippen molar-refractivity contribution in [3.63, 3.8) is 0 Å². The summed E-state index contributed by atoms with van der Waals surface area (Å²) in [6.45, 7) is 11.1. The van der Waals surface area contributed by atoms with Crippen LogP contribution in [-0.2, 0) is 24.2 Å². The number of aromatic nitrogens is 2. The van der Waals surface area contributed by atoms with Crippen LogP contribution in [0.4, 0.5) is 4.79 Å². The Morgan fingerprint density at radius 2 is 1.96 bits per heavy atom. The minimum Gasteiger partial charge on any atom is -0.444 e. The van der Waals surface area contributed by atoms with E-state index in [1.807, 2.05) is 34.6 Å². The van der Waals surface area contributed by atoms with Crippen LogP contribution in [-0.4, -0.2) is 57.3 Å². The third kappa shape index (κ3) is 4.41. The summed E-state index contributed by atoms with van der Waals surface area (Å²) in [5.74, 6) is -0.448. The summed E-state index contributed by atoms with van der Waals surface area (Å²) in [5.41, 5.74) is 1.52. The third-order valence-electron chi connectivity index (χ3n) is 4.37. The number of hydrogen-bond acceptors (Lipinski definition) is 5. The van der Waals surface area contributed by atoms with Gasteiger partial charge in [-0.05, 0) is 20.8 Å². The van der Waals surface area contributed by atoms with E-state index in [4.69, 9.17) is 4.74 Å². The smallest absolute Gasteiger partial charge is 0.410 e. The van der Waals surface area contributed by atoms with Crippen LogP contribution in [0.1, 0.15) is 56.4 Å². The number of nitriles is 1. The van der Waals surface area contributed by atoms with E-state index in [0.29, 0.717) is 38.3 Å². The molecule has 3 rings (SSSR count). The lowest BCUT2D eigenvalue weighted by molar-refractivity contribution is 0.0222. The lowest BCUT2D eigenvalue weighted by atomic mass is 10.1. The van der Waals surface area contributed by atoms with E-state index < -0.39 is 5.60 Å². The first-order valence-corrected chi connectivity index (χ1v) is 9.41. The Bertz CT molecular complexity index is 757. The van der Waals surface area contributed by atoms with Crippen molar-refractivity contribution in [3.8, 4) is 6.07 Å². The van der Waals surface area contributed by atoms with Crippen molar-refractivity contribution in [1.82, 2.24) is 19.6 Å². The van der Waals surface area contributed by atoms with Crippen molar-refractivity contribution in [2.75, 3.05) is 20.1 Å². The quantitative estimate of drug-likeness (QED) is 0.694. The van der Waals surface area contributed by atoms with Gasteiger partial charge in [0, 0.05) is 32.1 Å². The van der Waals surface area contributed by atoms with Crippen molar-refractivity contribution in [2.45, 2.75) is 59.7 Å². The molecule has 0 bridgehead atoms. The Balaban J connectivity index is 0.00000126. The Morgan fingerprint density at radius 1 is 1.30 bits per heavy atom. The van der Waals surface area contributed by atoms with Gasteiger partial charge in [0.05, 0.1) is 30.8 Å². The fourth-order valence-corrected chi connectivity index (χ4v) is 3.22. The molecule has 2 amide bonds. The van der Waals surface area contributed by atoms with Gasteiger partial charge in [-0.3, -0.25) is 9.48 Å². The molecule has 8 heteroatoms. The molecule has 0 spiro atoms. The maximum Gasteiger partial charge on any atom is 0.410 e. The maximum absolute atomic E-state index is 12.8. The topological polar surface area (TPSA) is 91.5 Å². The van der Waals surface area contributed by atoms with Crippen molar-refractivity contribution < 1.29 is 14.3 Å². The standard InChI is InChI=1S/C17H23N5O3.C2H6/c1-17(2,3)25-16(24)21-6-5-13-12(10-21)14-15(23)20(4)8-11(7-18)9-22(14)19-13;1-2/h11H,5-6,8-10H2,1-4H3;1-2H3. The summed E-state index contributed by atoms with van der Waals surface area (Å²) in [6, 6.07) is 2.23. The highest BCUT2D eigenvalue weighted by molar-refractivity contribution is 5.94. The van der Waals surface area contributed by atoms with Gasteiger partial charge in [-0.15, -0.1) is 0 Å². The molecule has 0 fully saturated rings. The number of nitrogens with zero attached hydrogens (tertiary/aromatic N) is 5. The van der Waals surface area contributed by atoms with Crippen molar-refractivity contribution in [2.24, 2.45) is 5.92 Å². The molecule has 2 aliphatic heterocycles. The number of carbonyl (C=O) groups is 2. The van der Waals surface area contributed by atoms with Gasteiger partial charge in [-0.2, -0.15) is 10.4 Å². The highest BCUT2D eigenvalue weighted by Gasteiger charge is 2.35. The van der Waals surface area contributed by atoms with Crippen molar-refractivity contribution >= 4 is 12.0 Å². The lowest BCUT2D eigenvalue weighted by Gasteiger charge is -2.30. The minimum atomic E-state index is -0.566. The predicted octanol–water partition coefficient (Wildman–Crippen LogP) is 2.43. The number of ether oxygens (including phenoxy) is 1. The molecular formula is C19H29N5O3. The van der Waals surface area contributed by atoms with Crippen LogP contribution in [0.25, 0.3) is 0 Å². The molecule has 8 nitrogen and oxygen atoms in total. The molecule has 1 aromatic heterocycles. The summed E-state index contributed by atoms with van der Waals surface area (Å²) in [7, 11) is 1.69. The van der Waals surface area contributed by atoms with Crippen LogP contribution in [0.15, 0.2) is 0 Å². The van der Waals surface area contributed by atoms with E-state index in [0.717, 1.165) is 11.3 Å². The van der Waals surface area contributed by atoms with Gasteiger partial charge in [0.25, 0.3) is 5.91 Å². The average Bonchev–Trinajstić information content (AvgIpc) is 2.91. The van der Waals surface area contributed by atoms with Gasteiger partial charge in [-0.25, -0.2) is 4.79 Å². The molecule has 0 radical (unpaired) electrons. The van der Waals surface area contributed by atoms with Gasteiger partial charge >= 0.3 is 6.09 Å². The van der Waals surface area contributed by atoms with E-state index >= 15 is 0 Å². The second kappa shape index (κ2) is 7.99. The zero-order valence-electron chi connectivity index (χ0n) is 17.1. The summed E-state index contributed by atoms with van der Waals surface area (Å²) < 4.78 is 7.08. The molecule has 2 aliphatic rings. The molecule has 1 unspecified atom stereocenters. The molecule has 3 heterocycles. The molecule has 0 N–H and O–H groups in total. The van der Waals surface area contributed by atoms with E-state index in [9.17, 15) is 14.9 Å². The molecule has 0 saturated heterocycles. The molecule has 0 aromatic carbocycles. The molecule has 0 aliphatic carbocycles. The predicted molar refractivity (Wildman–Crippen MR) is 100.0 cm³/mol. The van der Waals surface area contributed by atoms with Crippen LogP contribution in [0, 0.1) is 17.2 Å². The maximum atomic E-state index is 12.8. The summed E-state index contributed by atoms with van der Waals surface area (Å²) in [5, 5.41) is 13.8. The lowest BCUT2D eigenvalue weighted by Crippen LogP contribution is -2.40. The second-order valence-electron chi connectivity index (χ2n) is 7.62. The van der Waals surface area contributed by atoms with E-state index in [1.54, 1.807) is 21.5 Å². The van der Waals surface area contributed by atoms with Crippen molar-refractivity contribution in [3.05, 3.63) is 17.0 Å². The normalized spacial score (nSPS) is 19.1. The zero-order chi connectivity index (χ0) is 20.4. The second-order valence-corrected chi connectivity index (χ2v) is 7.62. The highest BCUT2D eigenvalue weighted by atomic mass is 16.6. The minimum absolute atomic E-state index is 0.155. The molecule has 1 atom stereocenters.